The van der Waals surface area contributed by atoms with Crippen LogP contribution in [0.25, 0.3) is 22.2 Å². The van der Waals surface area contributed by atoms with Crippen molar-refractivity contribution in [2.75, 3.05) is 10.2 Å². The van der Waals surface area contributed by atoms with Crippen LogP contribution in [0.3, 0.4) is 0 Å². The Hall–Kier alpha value is -3.16. The van der Waals surface area contributed by atoms with Crippen LogP contribution in [0.1, 0.15) is 10.4 Å². The van der Waals surface area contributed by atoms with Gasteiger partial charge in [0.15, 0.2) is 0 Å². The van der Waals surface area contributed by atoms with E-state index in [0.717, 1.165) is 21.4 Å². The summed E-state index contributed by atoms with van der Waals surface area (Å²) in [5, 5.41) is -7.54. The lowest BCUT2D eigenvalue weighted by Gasteiger charge is -2.79. The van der Waals surface area contributed by atoms with Gasteiger partial charge in [-0.25, -0.2) is 15.0 Å². The first-order valence-electron chi connectivity index (χ1n) is 12.1. The van der Waals surface area contributed by atoms with Crippen molar-refractivity contribution in [2.24, 2.45) is 7.05 Å². The Morgan fingerprint density at radius 1 is 0.780 bits per heavy atom. The average molecular weight is 512 g/mol. The van der Waals surface area contributed by atoms with Crippen molar-refractivity contribution in [3.8, 4) is 11.4 Å². The molecular weight excluding hydrogens is 498 g/mol. The number of amides is 1. The first-order valence-corrected chi connectivity index (χ1v) is 12.1. The Balaban J connectivity index is 1.48. The number of carbonyl (C=O) groups excluding carboxylic acids is 1. The first kappa shape index (κ1) is 29.3. The van der Waals surface area contributed by atoms with E-state index >= 15 is 0 Å². The van der Waals surface area contributed by atoms with Crippen molar-refractivity contribution in [1.29, 1.82) is 0 Å². The highest BCUT2D eigenvalue weighted by molar-refractivity contribution is 6.71. The van der Waals surface area contributed by atoms with Crippen LogP contribution in [0.2, 0.25) is 15.6 Å². The average Bonchev–Trinajstić information content (AvgIpc) is 3.33. The zero-order valence-corrected chi connectivity index (χ0v) is 22.1. The van der Waals surface area contributed by atoms with Gasteiger partial charge in [0.2, 0.25) is 0 Å². The van der Waals surface area contributed by atoms with Gasteiger partial charge in [-0.1, -0.05) is 0 Å². The maximum absolute atomic E-state index is 13.3. The van der Waals surface area contributed by atoms with Gasteiger partial charge in [0.1, 0.15) is 11.6 Å². The van der Waals surface area contributed by atoms with Crippen molar-refractivity contribution < 1.29 is 4.79 Å². The van der Waals surface area contributed by atoms with Crippen molar-refractivity contribution in [2.45, 2.75) is 26.3 Å². The number of aryl methyl sites for hydroxylation is 1. The number of hydrogen-bond acceptors (Lipinski definition) is 6. The van der Waals surface area contributed by atoms with Crippen LogP contribution in [-0.2, 0) is 7.05 Å². The highest BCUT2D eigenvalue weighted by Gasteiger charge is 2.64. The molecule has 41 heavy (non-hydrogen) atoms. The third-order valence-corrected chi connectivity index (χ3v) is 7.60. The summed E-state index contributed by atoms with van der Waals surface area (Å²) in [4.78, 5) is 31.3. The highest BCUT2D eigenvalue weighted by Crippen LogP contribution is 2.69. The summed E-state index contributed by atoms with van der Waals surface area (Å²) in [7, 11) is 64.1. The van der Waals surface area contributed by atoms with Gasteiger partial charge in [-0.15, -0.1) is 15.6 Å². The largest absolute Gasteiger partial charge is 0.382 e. The molecule has 0 unspecified atom stereocenters. The first-order chi connectivity index (χ1) is 18.9. The van der Waals surface area contributed by atoms with Crippen LogP contribution < -0.4 is 10.2 Å². The molecule has 5 heterocycles. The second-order valence-electron chi connectivity index (χ2n) is 10.3. The molecule has 5 rings (SSSR count). The number of nitrogens with zero attached hydrogens (tertiary/aromatic N) is 6. The molecular formula is C23H13B10N7O. The fraction of sp³-hybridized carbons (Fsp3) is 0.261. The number of aromatic nitrogens is 5. The number of nitrogens with one attached hydrogen (secondary N) is 1. The number of fused-ring (bicyclic) bond motifs is 1. The van der Waals surface area contributed by atoms with Crippen molar-refractivity contribution in [3.63, 3.8) is 0 Å². The van der Waals surface area contributed by atoms with Crippen LogP contribution >= 0.6 is 0 Å². The van der Waals surface area contributed by atoms with E-state index in [4.69, 9.17) is 78.5 Å². The van der Waals surface area contributed by atoms with E-state index in [1.165, 1.54) is 18.3 Å². The minimum absolute atomic E-state index is 0.0884. The lowest BCUT2D eigenvalue weighted by molar-refractivity contribution is 0.102. The zero-order valence-electron chi connectivity index (χ0n) is 22.1. The zero-order chi connectivity index (χ0) is 30.2. The molecule has 1 aliphatic rings. The Bertz CT molecular complexity index is 1640. The molecule has 8 nitrogen and oxygen atoms in total. The fourth-order valence-corrected chi connectivity index (χ4v) is 4.78. The highest BCUT2D eigenvalue weighted by atomic mass is 16.1. The van der Waals surface area contributed by atoms with Gasteiger partial charge in [0, 0.05) is 36.6 Å². The summed E-state index contributed by atoms with van der Waals surface area (Å²) >= 11 is 0. The molecule has 176 valence electrons. The van der Waals surface area contributed by atoms with Crippen LogP contribution in [0, 0.1) is 0 Å². The third kappa shape index (κ3) is 4.23. The number of imidazole rings is 1. The van der Waals surface area contributed by atoms with Crippen LogP contribution in [0.4, 0.5) is 11.6 Å². The van der Waals surface area contributed by atoms with E-state index in [1.54, 1.807) is 31.0 Å². The quantitative estimate of drug-likeness (QED) is 0.348. The molecule has 1 saturated heterocycles. The van der Waals surface area contributed by atoms with E-state index in [2.05, 4.69) is 25.3 Å². The number of pyridine rings is 3. The van der Waals surface area contributed by atoms with Crippen LogP contribution in [-0.4, -0.2) is 120 Å². The summed E-state index contributed by atoms with van der Waals surface area (Å²) < 4.78 is 1.84. The summed E-state index contributed by atoms with van der Waals surface area (Å²) in [5.41, 5.74) is 1.61. The minimum atomic E-state index is -2.37. The minimum Gasteiger partial charge on any atom is -0.382 e. The lowest BCUT2D eigenvalue weighted by Crippen LogP contribution is -2.81. The Labute approximate surface area is 251 Å². The second-order valence-corrected chi connectivity index (χ2v) is 10.3. The van der Waals surface area contributed by atoms with Crippen LogP contribution in [0.5, 0.6) is 0 Å². The molecule has 4 aromatic heterocycles. The van der Waals surface area contributed by atoms with Gasteiger partial charge in [-0.2, -0.15) is 0 Å². The standard InChI is InChI=1S/C23H13B10N7O/c1-39-10-34-9-15(39)14-4-12-5-16(37-8-13(12)7-36-14)38-18(41)11-2-3-35-17(6-11)40-22(30,31)20(26,27)19(24,25)21(28,29)23(40,32)33/h2-10H,1H3,(H,37,38,41). The second kappa shape index (κ2) is 9.43. The molecule has 4 aromatic rings. The normalized spacial score (nSPS) is 19.9. The van der Waals surface area contributed by atoms with Crippen molar-refractivity contribution in [3.05, 3.63) is 60.9 Å². The molecule has 0 aliphatic carbocycles. The molecule has 0 bridgehead atoms. The fourth-order valence-electron chi connectivity index (χ4n) is 4.78. The Morgan fingerprint density at radius 3 is 2.02 bits per heavy atom. The van der Waals surface area contributed by atoms with Gasteiger partial charge in [0.05, 0.1) is 102 Å². The number of rotatable bonds is 4. The molecule has 0 atom stereocenters. The summed E-state index contributed by atoms with van der Waals surface area (Å²) in [6.45, 7) is 0. The number of carbonyl (C=O) groups is 1. The summed E-state index contributed by atoms with van der Waals surface area (Å²) in [6, 6.07) is 6.27. The number of piperidine rings is 1. The maximum Gasteiger partial charge on any atom is 0.257 e. The smallest absolute Gasteiger partial charge is 0.257 e. The van der Waals surface area contributed by atoms with E-state index < -0.39 is 32.2 Å². The predicted octanol–water partition coefficient (Wildman–Crippen LogP) is -1.16. The molecule has 0 spiro atoms. The summed E-state index contributed by atoms with van der Waals surface area (Å²) in [5.74, 6) is -0.438. The van der Waals surface area contributed by atoms with Crippen molar-refractivity contribution in [1.82, 2.24) is 24.5 Å². The van der Waals surface area contributed by atoms with Gasteiger partial charge >= 0.3 is 0 Å². The van der Waals surface area contributed by atoms with E-state index in [1.807, 2.05) is 17.7 Å². The number of hydrogen-bond donors (Lipinski definition) is 1. The van der Waals surface area contributed by atoms with E-state index in [-0.39, 0.29) is 17.2 Å². The molecule has 0 saturated carbocycles. The molecule has 1 fully saturated rings. The molecule has 1 N–H and O–H groups in total. The molecule has 1 aliphatic heterocycles. The van der Waals surface area contributed by atoms with Crippen molar-refractivity contribution >= 4 is 107 Å². The Kier molecular flexibility index (Phi) is 6.75. The van der Waals surface area contributed by atoms with Gasteiger partial charge < -0.3 is 14.8 Å². The predicted molar refractivity (Wildman–Crippen MR) is 167 cm³/mol. The topological polar surface area (TPSA) is 88.8 Å². The molecule has 18 heteroatoms. The van der Waals surface area contributed by atoms with Crippen LogP contribution in [0.15, 0.2) is 55.4 Å². The maximum atomic E-state index is 13.3. The van der Waals surface area contributed by atoms with Gasteiger partial charge in [-0.05, 0) is 40.3 Å². The molecule has 0 aromatic carbocycles. The molecule has 1 amide bonds. The monoisotopic (exact) mass is 513 g/mol. The summed E-state index contributed by atoms with van der Waals surface area (Å²) in [6.07, 6.45) is 7.93. The third-order valence-electron chi connectivity index (χ3n) is 7.60. The van der Waals surface area contributed by atoms with E-state index in [0.29, 0.717) is 5.69 Å². The molecule has 20 radical (unpaired) electrons. The lowest BCUT2D eigenvalue weighted by atomic mass is 9.05. The van der Waals surface area contributed by atoms with E-state index in [9.17, 15) is 4.79 Å². The number of anilines is 2. The Morgan fingerprint density at radius 2 is 1.41 bits per heavy atom. The van der Waals surface area contributed by atoms with Gasteiger partial charge in [0.25, 0.3) is 5.91 Å². The van der Waals surface area contributed by atoms with Gasteiger partial charge in [-0.3, -0.25) is 9.78 Å². The SMILES string of the molecule is [B]C1([B])N(c2cc(C(=O)Nc3cc4cc(-c5cncn5C)ncc4cn3)ccn2)C([B])([B])C([B])([B])C([B])([B])C1([B])[B].